The van der Waals surface area contributed by atoms with E-state index in [4.69, 9.17) is 4.74 Å². The van der Waals surface area contributed by atoms with Crippen LogP contribution in [0.5, 0.6) is 0 Å². The highest BCUT2D eigenvalue weighted by molar-refractivity contribution is 6.28. The molecule has 41 heavy (non-hydrogen) atoms. The van der Waals surface area contributed by atoms with Crippen LogP contribution in [0, 0.1) is 21.2 Å². The van der Waals surface area contributed by atoms with Crippen molar-refractivity contribution < 1.29 is 14.3 Å². The van der Waals surface area contributed by atoms with Crippen molar-refractivity contribution in [3.63, 3.8) is 0 Å². The summed E-state index contributed by atoms with van der Waals surface area (Å²) in [6, 6.07) is 18.6. The van der Waals surface area contributed by atoms with Crippen molar-refractivity contribution in [2.45, 2.75) is 61.5 Å². The standard InChI is InChI=1S/C34H37N3O4/c1-32(2,3)20-34(7,33(4,5)6)31(39)41-19-21-12-14-22(15-13-21)35-26-16-17-27-28-25(18-37(27)36-40)23-10-8-9-11-24(23)30(38)29(26)28/h8-18,35H,19-20H2,1-7H3. The van der Waals surface area contributed by atoms with Gasteiger partial charge in [0, 0.05) is 28.4 Å². The van der Waals surface area contributed by atoms with Crippen LogP contribution in [0.2, 0.25) is 0 Å². The molecule has 1 unspecified atom stereocenters. The lowest BCUT2D eigenvalue weighted by atomic mass is 9.61. The molecule has 1 aliphatic rings. The van der Waals surface area contributed by atoms with Crippen LogP contribution in [0.25, 0.3) is 22.0 Å². The Labute approximate surface area is 240 Å². The van der Waals surface area contributed by atoms with Gasteiger partial charge in [0.05, 0.1) is 27.5 Å². The molecule has 1 atom stereocenters. The summed E-state index contributed by atoms with van der Waals surface area (Å²) in [5.41, 5.74) is 4.67. The van der Waals surface area contributed by atoms with E-state index in [-0.39, 0.29) is 29.2 Å². The Bertz CT molecular complexity index is 1670. The molecule has 0 saturated heterocycles. The van der Waals surface area contributed by atoms with Crippen molar-refractivity contribution >= 4 is 34.0 Å². The summed E-state index contributed by atoms with van der Waals surface area (Å²) in [7, 11) is 0. The number of esters is 1. The summed E-state index contributed by atoms with van der Waals surface area (Å²) in [5.74, 6) is -0.300. The van der Waals surface area contributed by atoms with Gasteiger partial charge >= 0.3 is 5.97 Å². The number of carbonyl (C=O) groups is 2. The van der Waals surface area contributed by atoms with Crippen LogP contribution in [0.4, 0.5) is 11.4 Å². The maximum absolute atomic E-state index is 13.6. The fourth-order valence-corrected chi connectivity index (χ4v) is 5.83. The zero-order chi connectivity index (χ0) is 29.7. The minimum absolute atomic E-state index is 0.0205. The van der Waals surface area contributed by atoms with Gasteiger partial charge in [-0.25, -0.2) is 4.68 Å². The summed E-state index contributed by atoms with van der Waals surface area (Å²) in [6.07, 6.45) is 2.40. The molecule has 0 fully saturated rings. The predicted octanol–water partition coefficient (Wildman–Crippen LogP) is 8.66. The lowest BCUT2D eigenvalue weighted by Gasteiger charge is -2.43. The fourth-order valence-electron chi connectivity index (χ4n) is 5.83. The van der Waals surface area contributed by atoms with E-state index in [1.807, 2.05) is 49.4 Å². The molecule has 1 heterocycles. The van der Waals surface area contributed by atoms with Gasteiger partial charge in [0.1, 0.15) is 6.61 Å². The quantitative estimate of drug-likeness (QED) is 0.161. The van der Waals surface area contributed by atoms with E-state index in [0.717, 1.165) is 28.8 Å². The Morgan fingerprint density at radius 2 is 1.54 bits per heavy atom. The normalized spacial score (nSPS) is 14.4. The lowest BCUT2D eigenvalue weighted by Crippen LogP contribution is -2.44. The fraction of sp³-hybridized carbons (Fsp3) is 0.353. The SMILES string of the molecule is CC(C)(C)CC(C)(C(=O)OCc1ccc(Nc2ccc3c4c(cn3N=O)-c3ccccc3C(=O)c24)cc1)C(C)(C)C. The van der Waals surface area contributed by atoms with E-state index in [2.05, 4.69) is 52.1 Å². The van der Waals surface area contributed by atoms with Gasteiger partial charge in [-0.05, 0) is 59.6 Å². The number of anilines is 2. The molecule has 1 aliphatic carbocycles. The number of benzene rings is 3. The van der Waals surface area contributed by atoms with Gasteiger partial charge < -0.3 is 10.1 Å². The molecule has 7 heteroatoms. The van der Waals surface area contributed by atoms with Crippen molar-refractivity contribution in [1.82, 2.24) is 4.68 Å². The van der Waals surface area contributed by atoms with E-state index in [9.17, 15) is 14.5 Å². The first-order chi connectivity index (χ1) is 19.2. The van der Waals surface area contributed by atoms with Crippen molar-refractivity contribution in [1.29, 1.82) is 0 Å². The van der Waals surface area contributed by atoms with Gasteiger partial charge in [-0.2, -0.15) is 0 Å². The van der Waals surface area contributed by atoms with Crippen molar-refractivity contribution in [3.05, 3.63) is 88.5 Å². The third kappa shape index (κ3) is 5.05. The minimum Gasteiger partial charge on any atom is -0.460 e. The number of ether oxygens (including phenoxy) is 1. The van der Waals surface area contributed by atoms with E-state index in [1.165, 1.54) is 4.68 Å². The zero-order valence-electron chi connectivity index (χ0n) is 24.8. The summed E-state index contributed by atoms with van der Waals surface area (Å²) in [4.78, 5) is 38.5. The zero-order valence-corrected chi connectivity index (χ0v) is 24.8. The van der Waals surface area contributed by atoms with Crippen molar-refractivity contribution in [3.8, 4) is 11.1 Å². The number of carbonyl (C=O) groups excluding carboxylic acids is 2. The molecule has 0 aliphatic heterocycles. The third-order valence-corrected chi connectivity index (χ3v) is 8.32. The Morgan fingerprint density at radius 3 is 2.15 bits per heavy atom. The minimum atomic E-state index is -0.630. The van der Waals surface area contributed by atoms with Crippen LogP contribution < -0.4 is 5.32 Å². The smallest absolute Gasteiger partial charge is 0.312 e. The number of hydrogen-bond donors (Lipinski definition) is 1. The Morgan fingerprint density at radius 1 is 0.878 bits per heavy atom. The second-order valence-electron chi connectivity index (χ2n) is 13.4. The number of ketones is 1. The second-order valence-corrected chi connectivity index (χ2v) is 13.4. The molecule has 0 bridgehead atoms. The molecule has 3 aromatic carbocycles. The van der Waals surface area contributed by atoms with Gasteiger partial charge in [-0.15, -0.1) is 4.91 Å². The van der Waals surface area contributed by atoms with E-state index < -0.39 is 5.41 Å². The van der Waals surface area contributed by atoms with Gasteiger partial charge in [-0.3, -0.25) is 9.59 Å². The number of hydrogen-bond acceptors (Lipinski definition) is 6. The molecule has 4 aromatic rings. The monoisotopic (exact) mass is 551 g/mol. The first-order valence-electron chi connectivity index (χ1n) is 13.9. The third-order valence-electron chi connectivity index (χ3n) is 8.32. The van der Waals surface area contributed by atoms with Gasteiger partial charge in [-0.1, -0.05) is 77.9 Å². The average molecular weight is 552 g/mol. The van der Waals surface area contributed by atoms with Gasteiger partial charge in [0.2, 0.25) is 0 Å². The molecule has 1 N–H and O–H groups in total. The topological polar surface area (TPSA) is 89.8 Å². The highest BCUT2D eigenvalue weighted by Crippen LogP contribution is 2.48. The first-order valence-corrected chi connectivity index (χ1v) is 13.9. The molecule has 5 rings (SSSR count). The molecule has 0 amide bonds. The molecular formula is C34H37N3O4. The Balaban J connectivity index is 1.38. The number of aromatic nitrogens is 1. The van der Waals surface area contributed by atoms with E-state index in [0.29, 0.717) is 27.7 Å². The number of nitrogens with zero attached hydrogens (tertiary/aromatic N) is 2. The average Bonchev–Trinajstić information content (AvgIpc) is 3.29. The summed E-state index contributed by atoms with van der Waals surface area (Å²) in [6.45, 7) is 14.9. The predicted molar refractivity (Wildman–Crippen MR) is 163 cm³/mol. The van der Waals surface area contributed by atoms with Crippen LogP contribution in [-0.4, -0.2) is 16.4 Å². The highest BCUT2D eigenvalue weighted by Gasteiger charge is 2.47. The highest BCUT2D eigenvalue weighted by atomic mass is 16.5. The molecule has 1 aromatic heterocycles. The van der Waals surface area contributed by atoms with Gasteiger partial charge in [0.15, 0.2) is 5.78 Å². The lowest BCUT2D eigenvalue weighted by molar-refractivity contribution is -0.166. The number of rotatable bonds is 7. The van der Waals surface area contributed by atoms with Crippen LogP contribution in [0.15, 0.2) is 72.1 Å². The van der Waals surface area contributed by atoms with Crippen molar-refractivity contribution in [2.75, 3.05) is 5.32 Å². The van der Waals surface area contributed by atoms with Crippen LogP contribution >= 0.6 is 0 Å². The van der Waals surface area contributed by atoms with Crippen LogP contribution in [0.3, 0.4) is 0 Å². The Hall–Kier alpha value is -4.26. The second kappa shape index (κ2) is 9.98. The van der Waals surface area contributed by atoms with Gasteiger partial charge in [0.25, 0.3) is 0 Å². The largest absolute Gasteiger partial charge is 0.460 e. The molecule has 0 saturated carbocycles. The maximum Gasteiger partial charge on any atom is 0.312 e. The number of nitrogens with one attached hydrogen (secondary N) is 1. The molecular weight excluding hydrogens is 514 g/mol. The number of nitroso groups, excluding NO2 is 1. The van der Waals surface area contributed by atoms with E-state index >= 15 is 0 Å². The van der Waals surface area contributed by atoms with E-state index in [1.54, 1.807) is 24.4 Å². The molecule has 0 radical (unpaired) electrons. The summed E-state index contributed by atoms with van der Waals surface area (Å²) in [5, 5.41) is 7.22. The maximum atomic E-state index is 13.6. The van der Waals surface area contributed by atoms with Crippen molar-refractivity contribution in [2.24, 2.45) is 21.5 Å². The summed E-state index contributed by atoms with van der Waals surface area (Å²) >= 11 is 0. The molecule has 7 nitrogen and oxygen atoms in total. The molecule has 212 valence electrons. The molecule has 0 spiro atoms. The summed E-state index contributed by atoms with van der Waals surface area (Å²) < 4.78 is 7.12. The van der Waals surface area contributed by atoms with Crippen LogP contribution in [0.1, 0.15) is 76.4 Å². The Kier molecular flexibility index (Phi) is 6.88. The number of fused-ring (bicyclic) bond motifs is 2. The van der Waals surface area contributed by atoms with Crippen LogP contribution in [-0.2, 0) is 16.1 Å². The first kappa shape index (κ1) is 28.3.